The van der Waals surface area contributed by atoms with Gasteiger partial charge in [-0.15, -0.1) is 11.3 Å². The van der Waals surface area contributed by atoms with Gasteiger partial charge in [0.1, 0.15) is 17.0 Å². The van der Waals surface area contributed by atoms with Gasteiger partial charge in [0.05, 0.1) is 5.39 Å². The van der Waals surface area contributed by atoms with E-state index in [1.807, 2.05) is 37.3 Å². The highest BCUT2D eigenvalue weighted by atomic mass is 35.5. The Kier molecular flexibility index (Phi) is 5.97. The normalized spacial score (nSPS) is 10.9. The van der Waals surface area contributed by atoms with Gasteiger partial charge in [0.25, 0.3) is 0 Å². The van der Waals surface area contributed by atoms with E-state index in [-0.39, 0.29) is 5.91 Å². The van der Waals surface area contributed by atoms with Gasteiger partial charge in [-0.3, -0.25) is 4.79 Å². The first-order valence-electron chi connectivity index (χ1n) is 9.62. The van der Waals surface area contributed by atoms with Gasteiger partial charge in [-0.1, -0.05) is 48.0 Å². The second-order valence-electron chi connectivity index (χ2n) is 6.99. The van der Waals surface area contributed by atoms with Gasteiger partial charge in [-0.05, 0) is 37.1 Å². The Morgan fingerprint density at radius 1 is 1.10 bits per heavy atom. The number of aryl methyl sites for hydroxylation is 2. The highest BCUT2D eigenvalue weighted by Gasteiger charge is 2.16. The summed E-state index contributed by atoms with van der Waals surface area (Å²) in [6.07, 6.45) is 1.87. The van der Waals surface area contributed by atoms with Gasteiger partial charge in [0, 0.05) is 34.1 Å². The third kappa shape index (κ3) is 4.30. The molecule has 0 bridgehead atoms. The minimum atomic E-state index is -0.0806. The monoisotopic (exact) mass is 436 g/mol. The number of benzene rings is 2. The number of nitrogens with one attached hydrogen (secondary N) is 2. The van der Waals surface area contributed by atoms with Crippen LogP contribution in [0, 0.1) is 13.8 Å². The van der Waals surface area contributed by atoms with Gasteiger partial charge in [-0.25, -0.2) is 9.97 Å². The van der Waals surface area contributed by atoms with Crippen LogP contribution in [-0.4, -0.2) is 22.4 Å². The highest BCUT2D eigenvalue weighted by Crippen LogP contribution is 2.40. The molecule has 0 spiro atoms. The number of aromatic nitrogens is 2. The standard InChI is InChI=1S/C23H21ClN4OS/c1-14-8-9-17(24)12-18(14)28-19(29)10-11-25-22-21-20(16-6-4-3-5-7-16)15(2)30-23(21)27-13-26-22/h3-9,12-13H,10-11H2,1-2H3,(H,28,29)(H,25,26,27). The summed E-state index contributed by atoms with van der Waals surface area (Å²) in [6, 6.07) is 15.7. The first-order valence-corrected chi connectivity index (χ1v) is 10.8. The molecule has 4 rings (SSSR count). The first kappa shape index (κ1) is 20.3. The van der Waals surface area contributed by atoms with Crippen molar-refractivity contribution in [3.05, 3.63) is 70.3 Å². The van der Waals surface area contributed by atoms with E-state index in [0.29, 0.717) is 18.0 Å². The van der Waals surface area contributed by atoms with Crippen molar-refractivity contribution >= 4 is 50.6 Å². The van der Waals surface area contributed by atoms with Gasteiger partial charge in [-0.2, -0.15) is 0 Å². The summed E-state index contributed by atoms with van der Waals surface area (Å²) in [5.74, 6) is 0.665. The summed E-state index contributed by atoms with van der Waals surface area (Å²) in [5, 5.41) is 7.84. The van der Waals surface area contributed by atoms with Crippen LogP contribution < -0.4 is 10.6 Å². The molecule has 0 saturated heterocycles. The molecular formula is C23H21ClN4OS. The average molecular weight is 437 g/mol. The fourth-order valence-corrected chi connectivity index (χ4v) is 4.55. The number of fused-ring (bicyclic) bond motifs is 1. The Balaban J connectivity index is 1.51. The van der Waals surface area contributed by atoms with Gasteiger partial charge < -0.3 is 10.6 Å². The first-order chi connectivity index (χ1) is 14.5. The lowest BCUT2D eigenvalue weighted by Crippen LogP contribution is -2.17. The second kappa shape index (κ2) is 8.81. The molecule has 0 aliphatic rings. The van der Waals surface area contributed by atoms with Crippen LogP contribution in [0.3, 0.4) is 0 Å². The third-order valence-electron chi connectivity index (χ3n) is 4.84. The Morgan fingerprint density at radius 3 is 2.70 bits per heavy atom. The van der Waals surface area contributed by atoms with E-state index in [1.165, 1.54) is 4.88 Å². The number of anilines is 2. The van der Waals surface area contributed by atoms with Crippen molar-refractivity contribution in [2.24, 2.45) is 0 Å². The number of halogens is 1. The SMILES string of the molecule is Cc1ccc(Cl)cc1NC(=O)CCNc1ncnc2sc(C)c(-c3ccccc3)c12. The molecule has 0 saturated carbocycles. The van der Waals surface area contributed by atoms with Crippen molar-refractivity contribution in [3.63, 3.8) is 0 Å². The van der Waals surface area contributed by atoms with E-state index in [0.717, 1.165) is 38.4 Å². The van der Waals surface area contributed by atoms with Crippen LogP contribution in [-0.2, 0) is 4.79 Å². The molecule has 2 aromatic carbocycles. The summed E-state index contributed by atoms with van der Waals surface area (Å²) in [4.78, 5) is 23.4. The molecule has 7 heteroatoms. The van der Waals surface area contributed by atoms with Crippen molar-refractivity contribution in [2.45, 2.75) is 20.3 Å². The lowest BCUT2D eigenvalue weighted by molar-refractivity contribution is -0.115. The van der Waals surface area contributed by atoms with E-state index in [9.17, 15) is 4.79 Å². The van der Waals surface area contributed by atoms with Crippen LogP contribution in [0.4, 0.5) is 11.5 Å². The molecule has 0 unspecified atom stereocenters. The average Bonchev–Trinajstić information content (AvgIpc) is 3.08. The minimum Gasteiger partial charge on any atom is -0.369 e. The van der Waals surface area contributed by atoms with Crippen molar-refractivity contribution in [1.29, 1.82) is 0 Å². The third-order valence-corrected chi connectivity index (χ3v) is 6.09. The molecule has 0 aliphatic carbocycles. The Hall–Kier alpha value is -2.96. The molecule has 1 amide bonds. The smallest absolute Gasteiger partial charge is 0.226 e. The molecule has 152 valence electrons. The summed E-state index contributed by atoms with van der Waals surface area (Å²) < 4.78 is 0. The zero-order chi connectivity index (χ0) is 21.1. The second-order valence-corrected chi connectivity index (χ2v) is 8.63. The van der Waals surface area contributed by atoms with Crippen LogP contribution in [0.5, 0.6) is 0 Å². The molecule has 30 heavy (non-hydrogen) atoms. The molecule has 0 fully saturated rings. The number of carbonyl (C=O) groups is 1. The predicted octanol–water partition coefficient (Wildman–Crippen LogP) is 6.07. The van der Waals surface area contributed by atoms with Crippen LogP contribution >= 0.6 is 22.9 Å². The molecule has 2 heterocycles. The number of nitrogens with zero attached hydrogens (tertiary/aromatic N) is 2. The van der Waals surface area contributed by atoms with Gasteiger partial charge >= 0.3 is 0 Å². The Labute approximate surface area is 184 Å². The number of hydrogen-bond acceptors (Lipinski definition) is 5. The molecule has 5 nitrogen and oxygen atoms in total. The summed E-state index contributed by atoms with van der Waals surface area (Å²) in [6.45, 7) is 4.49. The Bertz CT molecular complexity index is 1210. The molecule has 0 radical (unpaired) electrons. The van der Waals surface area contributed by atoms with Crippen LogP contribution in [0.1, 0.15) is 16.9 Å². The van der Waals surface area contributed by atoms with E-state index in [4.69, 9.17) is 11.6 Å². The van der Waals surface area contributed by atoms with Crippen LogP contribution in [0.15, 0.2) is 54.9 Å². The number of amides is 1. The van der Waals surface area contributed by atoms with Crippen LogP contribution in [0.25, 0.3) is 21.3 Å². The largest absolute Gasteiger partial charge is 0.369 e. The van der Waals surface area contributed by atoms with Crippen LogP contribution in [0.2, 0.25) is 5.02 Å². The Morgan fingerprint density at radius 2 is 1.90 bits per heavy atom. The molecule has 2 aromatic heterocycles. The zero-order valence-corrected chi connectivity index (χ0v) is 18.3. The maximum atomic E-state index is 12.4. The number of hydrogen-bond donors (Lipinski definition) is 2. The number of carbonyl (C=O) groups excluding carboxylic acids is 1. The summed E-state index contributed by atoms with van der Waals surface area (Å²) >= 11 is 7.68. The van der Waals surface area contributed by atoms with Crippen molar-refractivity contribution in [2.75, 3.05) is 17.2 Å². The van der Waals surface area contributed by atoms with Gasteiger partial charge in [0.15, 0.2) is 0 Å². The van der Waals surface area contributed by atoms with Crippen molar-refractivity contribution in [3.8, 4) is 11.1 Å². The summed E-state index contributed by atoms with van der Waals surface area (Å²) in [7, 11) is 0. The van der Waals surface area contributed by atoms with E-state index < -0.39 is 0 Å². The maximum absolute atomic E-state index is 12.4. The molecule has 0 atom stereocenters. The summed E-state index contributed by atoms with van der Waals surface area (Å²) in [5.41, 5.74) is 3.97. The quantitative estimate of drug-likeness (QED) is 0.385. The molecular weight excluding hydrogens is 416 g/mol. The van der Waals surface area contributed by atoms with E-state index >= 15 is 0 Å². The lowest BCUT2D eigenvalue weighted by Gasteiger charge is -2.11. The highest BCUT2D eigenvalue weighted by molar-refractivity contribution is 7.19. The minimum absolute atomic E-state index is 0.0806. The van der Waals surface area contributed by atoms with Gasteiger partial charge in [0.2, 0.25) is 5.91 Å². The number of rotatable bonds is 6. The molecule has 0 aliphatic heterocycles. The van der Waals surface area contributed by atoms with Crippen molar-refractivity contribution in [1.82, 2.24) is 9.97 Å². The maximum Gasteiger partial charge on any atom is 0.226 e. The van der Waals surface area contributed by atoms with E-state index in [2.05, 4.69) is 39.7 Å². The molecule has 4 aromatic rings. The van der Waals surface area contributed by atoms with Crippen molar-refractivity contribution < 1.29 is 4.79 Å². The van der Waals surface area contributed by atoms with E-state index in [1.54, 1.807) is 23.7 Å². The fraction of sp³-hybridized carbons (Fsp3) is 0.174. The number of thiophene rings is 1. The lowest BCUT2D eigenvalue weighted by atomic mass is 10.0. The fourth-order valence-electron chi connectivity index (χ4n) is 3.37. The zero-order valence-electron chi connectivity index (χ0n) is 16.7. The molecule has 2 N–H and O–H groups in total. The topological polar surface area (TPSA) is 66.9 Å². The predicted molar refractivity (Wildman–Crippen MR) is 126 cm³/mol.